The fraction of sp³-hybridized carbons (Fsp3) is 0.321. The van der Waals surface area contributed by atoms with Gasteiger partial charge < -0.3 is 46.4 Å². The lowest BCUT2D eigenvalue weighted by Crippen LogP contribution is -2.40. The number of amides is 6. The summed E-state index contributed by atoms with van der Waals surface area (Å²) in [7, 11) is 4.51. The van der Waals surface area contributed by atoms with Gasteiger partial charge >= 0.3 is 5.97 Å². The summed E-state index contributed by atoms with van der Waals surface area (Å²) >= 11 is 7.08. The van der Waals surface area contributed by atoms with E-state index in [-0.39, 0.29) is 66.1 Å². The monoisotopic (exact) mass is 1220 g/mol. The number of aliphatic carboxylic acids is 1. The minimum absolute atomic E-state index is 0.00137. The van der Waals surface area contributed by atoms with Crippen LogP contribution in [0.2, 0.25) is 0 Å². The average Bonchev–Trinajstić information content (AvgIpc) is 4.44. The van der Waals surface area contributed by atoms with Crippen molar-refractivity contribution in [2.45, 2.75) is 70.9 Å². The normalized spacial score (nSPS) is 16.4. The number of methoxy groups -OCH3 is 1. The van der Waals surface area contributed by atoms with Crippen molar-refractivity contribution in [3.63, 3.8) is 0 Å². The van der Waals surface area contributed by atoms with E-state index in [1.165, 1.54) is 64.4 Å². The smallest absolute Gasteiger partial charge is 0.303 e. The Labute approximate surface area is 492 Å². The highest BCUT2D eigenvalue weighted by molar-refractivity contribution is 7.15. The minimum atomic E-state index is -1.28. The maximum atomic E-state index is 14.3. The number of thiazole rings is 6. The summed E-state index contributed by atoms with van der Waals surface area (Å²) in [4.78, 5) is 130. The lowest BCUT2D eigenvalue weighted by molar-refractivity contribution is -0.137. The average molecular weight is 1220 g/mol. The van der Waals surface area contributed by atoms with Gasteiger partial charge in [-0.05, 0) is 37.0 Å². The number of benzene rings is 1. The zero-order valence-corrected chi connectivity index (χ0v) is 49.6. The highest BCUT2D eigenvalue weighted by atomic mass is 32.1. The van der Waals surface area contributed by atoms with Crippen molar-refractivity contribution in [3.8, 4) is 43.4 Å². The van der Waals surface area contributed by atoms with E-state index in [0.717, 1.165) is 22.7 Å². The maximum Gasteiger partial charge on any atom is 0.303 e. The number of pyridine rings is 1. The van der Waals surface area contributed by atoms with E-state index in [0.29, 0.717) is 68.7 Å². The largest absolute Gasteiger partial charge is 0.481 e. The molecule has 7 aromatic heterocycles. The number of nitrogens with zero attached hydrogens (tertiary/aromatic N) is 8. The third-order valence-electron chi connectivity index (χ3n) is 12.7. The summed E-state index contributed by atoms with van der Waals surface area (Å²) in [6.07, 6.45) is -1.34. The standard InChI is InChI=1S/C53H53N13O10S6/c1-24(2)38-52-65-41(34(82-52)19-76-6)45(73)55-18-36(68)62-42(43(71)26-11-8-7-9-12-26)51-60-32(22-80-51)49-58-30(20-78-49)40-27(14-15-28(56-40)48-61-33(23-79-48)53(75)66(5)16-10-13-37(69)70)47-59-31(21-77-47)44(72)57-29(17-35(67)54-4)50-64-39(25(3)81-50)46(74)63-38/h7-9,11-12,14-15,20-24,29,38,42-43,71H,10,13,16-19H2,1-6H3,(H,54,67)(H,55,73)(H,57,72)(H,62,68)(H,63,74)(H,69,70)/t29-,38-,42?,43?/m0/s1. The third-order valence-corrected chi connectivity index (χ3v) is 18.4. The molecule has 82 heavy (non-hydrogen) atoms. The van der Waals surface area contributed by atoms with Crippen LogP contribution in [-0.4, -0.2) is 126 Å². The summed E-state index contributed by atoms with van der Waals surface area (Å²) in [6, 6.07) is 9.40. The zero-order valence-electron chi connectivity index (χ0n) is 44.7. The highest BCUT2D eigenvalue weighted by Gasteiger charge is 2.33. The number of rotatable bonds is 13. The molecule has 10 bridgehead atoms. The highest BCUT2D eigenvalue weighted by Crippen LogP contribution is 2.40. The van der Waals surface area contributed by atoms with Gasteiger partial charge in [0.05, 0.1) is 42.2 Å². The van der Waals surface area contributed by atoms with E-state index >= 15 is 0 Å². The third kappa shape index (κ3) is 13.5. The molecule has 426 valence electrons. The quantitative estimate of drug-likeness (QED) is 0.0598. The molecule has 8 aromatic rings. The molecule has 23 nitrogen and oxygen atoms in total. The number of carbonyl (C=O) groups is 7. The van der Waals surface area contributed by atoms with Crippen LogP contribution < -0.4 is 26.6 Å². The summed E-state index contributed by atoms with van der Waals surface area (Å²) < 4.78 is 5.44. The molecule has 7 N–H and O–H groups in total. The lowest BCUT2D eigenvalue weighted by atomic mass is 10.0. The van der Waals surface area contributed by atoms with Gasteiger partial charge in [-0.3, -0.25) is 33.6 Å². The molecular weight excluding hydrogens is 1170 g/mol. The molecule has 0 radical (unpaired) electrons. The van der Waals surface area contributed by atoms with Crippen molar-refractivity contribution in [2.24, 2.45) is 5.92 Å². The second kappa shape index (κ2) is 26.1. The van der Waals surface area contributed by atoms with Gasteiger partial charge in [-0.15, -0.1) is 68.0 Å². The van der Waals surface area contributed by atoms with Crippen LogP contribution in [0, 0.1) is 12.8 Å². The number of aryl methyl sites for hydroxylation is 1. The van der Waals surface area contributed by atoms with Crippen molar-refractivity contribution in [1.82, 2.24) is 66.4 Å². The van der Waals surface area contributed by atoms with Gasteiger partial charge in [0.15, 0.2) is 0 Å². The zero-order chi connectivity index (χ0) is 58.4. The summed E-state index contributed by atoms with van der Waals surface area (Å²) in [6.45, 7) is 5.15. The van der Waals surface area contributed by atoms with Crippen molar-refractivity contribution in [2.75, 3.05) is 34.3 Å². The predicted octanol–water partition coefficient (Wildman–Crippen LogP) is 7.25. The van der Waals surface area contributed by atoms with Crippen LogP contribution in [0.15, 0.2) is 64.0 Å². The number of hydrogen-bond donors (Lipinski definition) is 7. The number of hydrogen-bond acceptors (Lipinski definition) is 22. The molecule has 0 spiro atoms. The molecule has 0 fully saturated rings. The second-order valence-electron chi connectivity index (χ2n) is 18.9. The van der Waals surface area contributed by atoms with Crippen molar-refractivity contribution < 1.29 is 48.5 Å². The van der Waals surface area contributed by atoms with Crippen molar-refractivity contribution in [3.05, 3.63) is 117 Å². The number of carboxylic acid groups (broad SMARTS) is 1. The number of nitrogens with one attached hydrogen (secondary N) is 5. The molecular formula is C53H53N13O10S6. The van der Waals surface area contributed by atoms with Crippen LogP contribution in [-0.2, 0) is 25.7 Å². The topological polar surface area (TPSA) is 323 Å². The summed E-state index contributed by atoms with van der Waals surface area (Å²) in [5, 5.41) is 44.0. The van der Waals surface area contributed by atoms with E-state index in [9.17, 15) is 38.7 Å². The fourth-order valence-corrected chi connectivity index (χ4v) is 14.0. The first-order valence-electron chi connectivity index (χ1n) is 25.3. The van der Waals surface area contributed by atoms with E-state index in [1.807, 2.05) is 13.8 Å². The van der Waals surface area contributed by atoms with Crippen molar-refractivity contribution >= 4 is 109 Å². The van der Waals surface area contributed by atoms with Crippen LogP contribution >= 0.6 is 68.0 Å². The Balaban J connectivity index is 1.12. The Morgan fingerprint density at radius 3 is 2.18 bits per heavy atom. The Kier molecular flexibility index (Phi) is 18.8. The molecule has 6 amide bonds. The number of carbonyl (C=O) groups excluding carboxylic acids is 6. The predicted molar refractivity (Wildman–Crippen MR) is 311 cm³/mol. The number of aliphatic hydroxyl groups is 1. The molecule has 2 unspecified atom stereocenters. The second-order valence-corrected chi connectivity index (χ2v) is 24.7. The SMILES string of the molecule is CNC(=O)C[C@@H]1NC(=O)c2csc(n2)-c2ccc(-c3nc(C(=O)N(C)CCCC(=O)O)cs3)nc2-c2csc(n2)-c2csc(n2)C(C(O)c2ccccc2)NC(=O)CNC(=O)c2nc(sc2COC)[C@H](C(C)C)NC(=O)c2nc1sc2C. The minimum Gasteiger partial charge on any atom is -0.481 e. The van der Waals surface area contributed by atoms with Gasteiger partial charge in [0.2, 0.25) is 11.8 Å². The maximum absolute atomic E-state index is 14.3. The Morgan fingerprint density at radius 2 is 1.44 bits per heavy atom. The first-order chi connectivity index (χ1) is 39.4. The molecule has 0 aliphatic carbocycles. The molecule has 1 aliphatic heterocycles. The molecule has 8 heterocycles. The van der Waals surface area contributed by atoms with Gasteiger partial charge in [-0.25, -0.2) is 34.9 Å². The molecule has 0 saturated heterocycles. The molecule has 29 heteroatoms. The van der Waals surface area contributed by atoms with Crippen LogP contribution in [0.3, 0.4) is 0 Å². The first-order valence-corrected chi connectivity index (χ1v) is 30.4. The van der Waals surface area contributed by atoms with Crippen LogP contribution in [0.25, 0.3) is 43.4 Å². The van der Waals surface area contributed by atoms with Crippen LogP contribution in [0.5, 0.6) is 0 Å². The van der Waals surface area contributed by atoms with E-state index in [1.54, 1.807) is 78.0 Å². The van der Waals surface area contributed by atoms with Crippen LogP contribution in [0.1, 0.15) is 130 Å². The Morgan fingerprint density at radius 1 is 0.732 bits per heavy atom. The van der Waals surface area contributed by atoms with Gasteiger partial charge in [0.25, 0.3) is 23.6 Å². The molecule has 4 atom stereocenters. The first kappa shape index (κ1) is 59.0. The number of aliphatic hydroxyl groups excluding tert-OH is 1. The number of carboxylic acids is 1. The van der Waals surface area contributed by atoms with E-state index in [2.05, 4.69) is 41.5 Å². The molecule has 1 aliphatic rings. The summed E-state index contributed by atoms with van der Waals surface area (Å²) in [5.74, 6) is -4.52. The van der Waals surface area contributed by atoms with Gasteiger partial charge in [0.1, 0.15) is 82.0 Å². The fourth-order valence-electron chi connectivity index (χ4n) is 8.45. The lowest BCUT2D eigenvalue weighted by Gasteiger charge is -2.23. The molecule has 0 saturated carbocycles. The summed E-state index contributed by atoms with van der Waals surface area (Å²) in [5.41, 5.74) is 2.72. The van der Waals surface area contributed by atoms with E-state index in [4.69, 9.17) is 29.8 Å². The van der Waals surface area contributed by atoms with Crippen LogP contribution in [0.4, 0.5) is 0 Å². The van der Waals surface area contributed by atoms with E-state index < -0.39 is 72.2 Å². The Bertz CT molecular complexity index is 3680. The molecule has 1 aromatic carbocycles. The number of aromatic nitrogens is 7. The molecule has 9 rings (SSSR count). The number of ether oxygens (including phenoxy) is 1. The number of fused-ring (bicyclic) bond motifs is 14. The van der Waals surface area contributed by atoms with Crippen molar-refractivity contribution in [1.29, 1.82) is 0 Å². The van der Waals surface area contributed by atoms with Gasteiger partial charge in [0, 0.05) is 66.1 Å². The Hall–Kier alpha value is -7.64. The van der Waals surface area contributed by atoms with Gasteiger partial charge in [-0.1, -0.05) is 44.2 Å². The van der Waals surface area contributed by atoms with Gasteiger partial charge in [-0.2, -0.15) is 0 Å².